The SMILES string of the molecule is O=C(CF)Nc1ccccc1-c1cccc(NCc2ccc(F)cc2)c1. The average molecular weight is 352 g/mol. The Bertz CT molecular complexity index is 895. The second-order valence-electron chi connectivity index (χ2n) is 5.79. The standard InChI is InChI=1S/C21H18F2N2O/c22-13-21(26)25-20-7-2-1-6-19(20)16-4-3-5-18(12-16)24-14-15-8-10-17(23)11-9-15/h1-12,24H,13-14H2,(H,25,26). The number of rotatable bonds is 6. The third kappa shape index (κ3) is 4.45. The Morgan fingerprint density at radius 1 is 0.923 bits per heavy atom. The molecule has 0 radical (unpaired) electrons. The highest BCUT2D eigenvalue weighted by molar-refractivity contribution is 5.96. The van der Waals surface area contributed by atoms with Crippen LogP contribution >= 0.6 is 0 Å². The summed E-state index contributed by atoms with van der Waals surface area (Å²) in [5.74, 6) is -0.939. The molecule has 5 heteroatoms. The Balaban J connectivity index is 1.79. The molecule has 0 saturated heterocycles. The highest BCUT2D eigenvalue weighted by atomic mass is 19.1. The Morgan fingerprint density at radius 3 is 2.46 bits per heavy atom. The minimum absolute atomic E-state index is 0.261. The Hall–Kier alpha value is -3.21. The molecule has 0 unspecified atom stereocenters. The van der Waals surface area contributed by atoms with Crippen molar-refractivity contribution in [2.45, 2.75) is 6.54 Å². The highest BCUT2D eigenvalue weighted by Gasteiger charge is 2.08. The predicted octanol–water partition coefficient (Wildman–Crippen LogP) is 5.01. The molecule has 0 aliphatic rings. The molecule has 2 N–H and O–H groups in total. The first-order valence-corrected chi connectivity index (χ1v) is 8.19. The fourth-order valence-electron chi connectivity index (χ4n) is 2.63. The molecule has 3 aromatic rings. The van der Waals surface area contributed by atoms with E-state index in [1.54, 1.807) is 24.3 Å². The van der Waals surface area contributed by atoms with E-state index in [4.69, 9.17) is 0 Å². The van der Waals surface area contributed by atoms with E-state index in [2.05, 4.69) is 10.6 Å². The van der Waals surface area contributed by atoms with Gasteiger partial charge in [-0.3, -0.25) is 4.79 Å². The largest absolute Gasteiger partial charge is 0.381 e. The zero-order valence-corrected chi connectivity index (χ0v) is 14.0. The van der Waals surface area contributed by atoms with Crippen LogP contribution in [0.5, 0.6) is 0 Å². The highest BCUT2D eigenvalue weighted by Crippen LogP contribution is 2.29. The van der Waals surface area contributed by atoms with E-state index in [-0.39, 0.29) is 5.82 Å². The number of hydrogen-bond acceptors (Lipinski definition) is 2. The summed E-state index contributed by atoms with van der Waals surface area (Å²) in [6.07, 6.45) is 0. The van der Waals surface area contributed by atoms with E-state index in [9.17, 15) is 13.6 Å². The maximum atomic E-state index is 13.0. The summed E-state index contributed by atoms with van der Waals surface area (Å²) < 4.78 is 25.5. The maximum absolute atomic E-state index is 13.0. The van der Waals surface area contributed by atoms with Crippen molar-refractivity contribution >= 4 is 17.3 Å². The molecule has 1 amide bonds. The van der Waals surface area contributed by atoms with E-state index in [1.165, 1.54) is 12.1 Å². The quantitative estimate of drug-likeness (QED) is 0.654. The van der Waals surface area contributed by atoms with Gasteiger partial charge in [0.15, 0.2) is 6.67 Å². The molecular weight excluding hydrogens is 334 g/mol. The van der Waals surface area contributed by atoms with E-state index in [1.807, 2.05) is 36.4 Å². The third-order valence-electron chi connectivity index (χ3n) is 3.91. The van der Waals surface area contributed by atoms with Crippen LogP contribution in [0.15, 0.2) is 72.8 Å². The van der Waals surface area contributed by atoms with E-state index < -0.39 is 12.6 Å². The van der Waals surface area contributed by atoms with Crippen molar-refractivity contribution < 1.29 is 13.6 Å². The molecule has 0 fully saturated rings. The number of para-hydroxylation sites is 1. The zero-order chi connectivity index (χ0) is 18.4. The summed E-state index contributed by atoms with van der Waals surface area (Å²) in [7, 11) is 0. The van der Waals surface area contributed by atoms with Crippen LogP contribution in [0.4, 0.5) is 20.2 Å². The number of nitrogens with one attached hydrogen (secondary N) is 2. The predicted molar refractivity (Wildman–Crippen MR) is 100 cm³/mol. The van der Waals surface area contributed by atoms with E-state index in [0.717, 1.165) is 22.4 Å². The molecule has 0 heterocycles. The molecule has 0 aromatic heterocycles. The van der Waals surface area contributed by atoms with Gasteiger partial charge in [-0.2, -0.15) is 0 Å². The summed E-state index contributed by atoms with van der Waals surface area (Å²) in [6.45, 7) is -0.502. The summed E-state index contributed by atoms with van der Waals surface area (Å²) >= 11 is 0. The Labute approximate surface area is 150 Å². The molecule has 3 aromatic carbocycles. The summed E-state index contributed by atoms with van der Waals surface area (Å²) in [5.41, 5.74) is 4.11. The minimum Gasteiger partial charge on any atom is -0.381 e. The van der Waals surface area contributed by atoms with Crippen molar-refractivity contribution in [1.82, 2.24) is 0 Å². The number of benzene rings is 3. The smallest absolute Gasteiger partial charge is 0.255 e. The van der Waals surface area contributed by atoms with Gasteiger partial charge < -0.3 is 10.6 Å². The van der Waals surface area contributed by atoms with Gasteiger partial charge in [-0.1, -0.05) is 42.5 Å². The van der Waals surface area contributed by atoms with Gasteiger partial charge in [-0.05, 0) is 41.5 Å². The van der Waals surface area contributed by atoms with Crippen LogP contribution in [-0.4, -0.2) is 12.6 Å². The van der Waals surface area contributed by atoms with Crippen LogP contribution in [0.2, 0.25) is 0 Å². The molecule has 0 aliphatic carbocycles. The van der Waals surface area contributed by atoms with Gasteiger partial charge in [0.25, 0.3) is 5.91 Å². The van der Waals surface area contributed by atoms with Crippen LogP contribution < -0.4 is 10.6 Å². The summed E-state index contributed by atoms with van der Waals surface area (Å²) in [6, 6.07) is 21.3. The van der Waals surface area contributed by atoms with Gasteiger partial charge in [0.05, 0.1) is 0 Å². The number of halogens is 2. The molecule has 0 saturated carbocycles. The molecule has 0 aliphatic heterocycles. The number of carbonyl (C=O) groups is 1. The Morgan fingerprint density at radius 2 is 1.69 bits per heavy atom. The molecule has 3 nitrogen and oxygen atoms in total. The van der Waals surface area contributed by atoms with Crippen molar-refractivity contribution in [2.24, 2.45) is 0 Å². The molecule has 0 spiro atoms. The molecule has 26 heavy (non-hydrogen) atoms. The fourth-order valence-corrected chi connectivity index (χ4v) is 2.63. The first-order chi connectivity index (χ1) is 12.7. The van der Waals surface area contributed by atoms with E-state index >= 15 is 0 Å². The normalized spacial score (nSPS) is 10.4. The lowest BCUT2D eigenvalue weighted by atomic mass is 10.0. The lowest BCUT2D eigenvalue weighted by Crippen LogP contribution is -2.13. The van der Waals surface area contributed by atoms with Gasteiger partial charge in [0.2, 0.25) is 0 Å². The topological polar surface area (TPSA) is 41.1 Å². The molecule has 3 rings (SSSR count). The molecular formula is C21H18F2N2O. The van der Waals surface area contributed by atoms with Crippen LogP contribution in [0, 0.1) is 5.82 Å². The first-order valence-electron chi connectivity index (χ1n) is 8.19. The average Bonchev–Trinajstić information content (AvgIpc) is 2.68. The van der Waals surface area contributed by atoms with Gasteiger partial charge >= 0.3 is 0 Å². The fraction of sp³-hybridized carbons (Fsp3) is 0.0952. The summed E-state index contributed by atoms with van der Waals surface area (Å²) in [5, 5.41) is 5.86. The second-order valence-corrected chi connectivity index (χ2v) is 5.79. The molecule has 0 bridgehead atoms. The number of amides is 1. The van der Waals surface area contributed by atoms with Gasteiger partial charge in [0.1, 0.15) is 5.82 Å². The Kier molecular flexibility index (Phi) is 5.59. The van der Waals surface area contributed by atoms with Crippen molar-refractivity contribution in [3.63, 3.8) is 0 Å². The van der Waals surface area contributed by atoms with Crippen LogP contribution in [0.1, 0.15) is 5.56 Å². The first kappa shape index (κ1) is 17.6. The summed E-state index contributed by atoms with van der Waals surface area (Å²) in [4.78, 5) is 11.4. The maximum Gasteiger partial charge on any atom is 0.255 e. The lowest BCUT2D eigenvalue weighted by Gasteiger charge is -2.12. The minimum atomic E-state index is -1.06. The van der Waals surface area contributed by atoms with Crippen LogP contribution in [0.25, 0.3) is 11.1 Å². The van der Waals surface area contributed by atoms with Crippen LogP contribution in [-0.2, 0) is 11.3 Å². The number of anilines is 2. The monoisotopic (exact) mass is 352 g/mol. The second kappa shape index (κ2) is 8.25. The number of alkyl halides is 1. The number of carbonyl (C=O) groups excluding carboxylic acids is 1. The van der Waals surface area contributed by atoms with Crippen molar-refractivity contribution in [3.05, 3.63) is 84.2 Å². The molecule has 132 valence electrons. The van der Waals surface area contributed by atoms with Crippen molar-refractivity contribution in [3.8, 4) is 11.1 Å². The van der Waals surface area contributed by atoms with Gasteiger partial charge in [0, 0.05) is 23.5 Å². The van der Waals surface area contributed by atoms with E-state index in [0.29, 0.717) is 12.2 Å². The van der Waals surface area contributed by atoms with Crippen molar-refractivity contribution in [2.75, 3.05) is 17.3 Å². The van der Waals surface area contributed by atoms with Gasteiger partial charge in [-0.25, -0.2) is 8.78 Å². The van der Waals surface area contributed by atoms with Gasteiger partial charge in [-0.15, -0.1) is 0 Å². The zero-order valence-electron chi connectivity index (χ0n) is 14.0. The third-order valence-corrected chi connectivity index (χ3v) is 3.91. The van der Waals surface area contributed by atoms with Crippen molar-refractivity contribution in [1.29, 1.82) is 0 Å². The van der Waals surface area contributed by atoms with Crippen LogP contribution in [0.3, 0.4) is 0 Å². The lowest BCUT2D eigenvalue weighted by molar-refractivity contribution is -0.117. The number of hydrogen-bond donors (Lipinski definition) is 2. The molecule has 0 atom stereocenters.